The molecular weight excluding hydrogens is 257 g/mol. The monoisotopic (exact) mass is 271 g/mol. The van der Waals surface area contributed by atoms with Crippen molar-refractivity contribution in [3.05, 3.63) is 59.4 Å². The van der Waals surface area contributed by atoms with Gasteiger partial charge in [-0.3, -0.25) is 0 Å². The van der Waals surface area contributed by atoms with E-state index >= 15 is 0 Å². The van der Waals surface area contributed by atoms with Crippen LogP contribution in [-0.2, 0) is 0 Å². The van der Waals surface area contributed by atoms with E-state index in [0.717, 1.165) is 0 Å². The van der Waals surface area contributed by atoms with Gasteiger partial charge in [0.2, 0.25) is 0 Å². The molecule has 0 aromatic heterocycles. The molecule has 0 fully saturated rings. The molecule has 0 aliphatic rings. The lowest BCUT2D eigenvalue weighted by atomic mass is 10.1. The van der Waals surface area contributed by atoms with Crippen LogP contribution >= 0.6 is 0 Å². The van der Waals surface area contributed by atoms with Gasteiger partial charge in [-0.25, -0.2) is 4.39 Å². The van der Waals surface area contributed by atoms with Crippen LogP contribution in [0.2, 0.25) is 0 Å². The Morgan fingerprint density at radius 1 is 1.20 bits per heavy atom. The third-order valence-electron chi connectivity index (χ3n) is 2.97. The van der Waals surface area contributed by atoms with Crippen LogP contribution in [0.4, 0.5) is 4.39 Å². The lowest BCUT2D eigenvalue weighted by Crippen LogP contribution is -2.00. The summed E-state index contributed by atoms with van der Waals surface area (Å²) in [4.78, 5) is 0. The maximum atomic E-state index is 13.5. The second-order valence-corrected chi connectivity index (χ2v) is 4.29. The molecule has 0 aliphatic carbocycles. The molecule has 0 aliphatic heterocycles. The van der Waals surface area contributed by atoms with Crippen molar-refractivity contribution in [2.24, 2.45) is 0 Å². The molecule has 1 N–H and O–H groups in total. The van der Waals surface area contributed by atoms with Crippen LogP contribution in [0.5, 0.6) is 11.5 Å². The van der Waals surface area contributed by atoms with Gasteiger partial charge in [0.25, 0.3) is 0 Å². The standard InChI is InChI=1S/C16H14FNO2/c1-2-14(19)11-6-3-4-8-15(11)20-16-9-5-7-13(17)12(16)10-18/h3-9,14,19H,2H2,1H3/t14-/m1/s1. The van der Waals surface area contributed by atoms with Crippen molar-refractivity contribution in [3.8, 4) is 17.6 Å². The van der Waals surface area contributed by atoms with Crippen molar-refractivity contribution in [2.75, 3.05) is 0 Å². The lowest BCUT2D eigenvalue weighted by Gasteiger charge is -2.15. The average molecular weight is 271 g/mol. The first-order valence-electron chi connectivity index (χ1n) is 6.30. The van der Waals surface area contributed by atoms with Crippen molar-refractivity contribution in [3.63, 3.8) is 0 Å². The number of para-hydroxylation sites is 1. The van der Waals surface area contributed by atoms with Crippen molar-refractivity contribution in [1.29, 1.82) is 5.26 Å². The van der Waals surface area contributed by atoms with E-state index in [-0.39, 0.29) is 11.3 Å². The van der Waals surface area contributed by atoms with Gasteiger partial charge >= 0.3 is 0 Å². The third-order valence-corrected chi connectivity index (χ3v) is 2.97. The Hall–Kier alpha value is -2.38. The Balaban J connectivity index is 2.41. The van der Waals surface area contributed by atoms with Crippen molar-refractivity contribution < 1.29 is 14.2 Å². The maximum absolute atomic E-state index is 13.5. The van der Waals surface area contributed by atoms with Gasteiger partial charge in [-0.2, -0.15) is 5.26 Å². The number of rotatable bonds is 4. The molecule has 20 heavy (non-hydrogen) atoms. The number of halogens is 1. The third kappa shape index (κ3) is 2.79. The van der Waals surface area contributed by atoms with E-state index in [1.165, 1.54) is 18.2 Å². The minimum absolute atomic E-state index is 0.142. The van der Waals surface area contributed by atoms with Gasteiger partial charge in [0.15, 0.2) is 0 Å². The van der Waals surface area contributed by atoms with E-state index in [1.807, 2.05) is 6.92 Å². The smallest absolute Gasteiger partial charge is 0.148 e. The van der Waals surface area contributed by atoms with Gasteiger partial charge in [0, 0.05) is 5.56 Å². The fourth-order valence-corrected chi connectivity index (χ4v) is 1.89. The number of nitriles is 1. The first kappa shape index (κ1) is 14.0. The zero-order chi connectivity index (χ0) is 14.5. The number of aliphatic hydroxyl groups is 1. The first-order chi connectivity index (χ1) is 9.67. The van der Waals surface area contributed by atoms with Crippen molar-refractivity contribution in [2.45, 2.75) is 19.4 Å². The van der Waals surface area contributed by atoms with E-state index in [2.05, 4.69) is 0 Å². The molecule has 4 heteroatoms. The number of hydrogen-bond acceptors (Lipinski definition) is 3. The minimum atomic E-state index is -0.662. The van der Waals surface area contributed by atoms with E-state index < -0.39 is 11.9 Å². The maximum Gasteiger partial charge on any atom is 0.148 e. The topological polar surface area (TPSA) is 53.2 Å². The molecule has 0 bridgehead atoms. The van der Waals surface area contributed by atoms with Crippen LogP contribution < -0.4 is 4.74 Å². The molecular formula is C16H14FNO2. The predicted octanol–water partition coefficient (Wildman–Crippen LogP) is 3.93. The van der Waals surface area contributed by atoms with E-state index in [0.29, 0.717) is 17.7 Å². The zero-order valence-corrected chi connectivity index (χ0v) is 11.0. The molecule has 2 rings (SSSR count). The lowest BCUT2D eigenvalue weighted by molar-refractivity contribution is 0.170. The average Bonchev–Trinajstić information content (AvgIpc) is 2.47. The van der Waals surface area contributed by atoms with Crippen LogP contribution in [0.15, 0.2) is 42.5 Å². The molecule has 0 heterocycles. The minimum Gasteiger partial charge on any atom is -0.455 e. The molecule has 0 saturated carbocycles. The van der Waals surface area contributed by atoms with Crippen molar-refractivity contribution >= 4 is 0 Å². The van der Waals surface area contributed by atoms with Crippen LogP contribution in [0.1, 0.15) is 30.6 Å². The van der Waals surface area contributed by atoms with Crippen LogP contribution in [0.3, 0.4) is 0 Å². The summed E-state index contributed by atoms with van der Waals surface area (Å²) in [6.45, 7) is 1.85. The molecule has 0 spiro atoms. The summed E-state index contributed by atoms with van der Waals surface area (Å²) in [6.07, 6.45) is -0.125. The quantitative estimate of drug-likeness (QED) is 0.916. The molecule has 0 saturated heterocycles. The molecule has 0 radical (unpaired) electrons. The highest BCUT2D eigenvalue weighted by Gasteiger charge is 2.15. The Kier molecular flexibility index (Phi) is 4.34. The van der Waals surface area contributed by atoms with Gasteiger partial charge in [0.1, 0.15) is 28.9 Å². The summed E-state index contributed by atoms with van der Waals surface area (Å²) in [5.74, 6) is -0.0641. The SMILES string of the molecule is CC[C@@H](O)c1ccccc1Oc1cccc(F)c1C#N. The van der Waals surface area contributed by atoms with Gasteiger partial charge in [0.05, 0.1) is 6.10 Å². The van der Waals surface area contributed by atoms with Crippen LogP contribution in [0, 0.1) is 17.1 Å². The summed E-state index contributed by atoms with van der Waals surface area (Å²) in [5, 5.41) is 18.9. The van der Waals surface area contributed by atoms with E-state index in [9.17, 15) is 9.50 Å². The summed E-state index contributed by atoms with van der Waals surface area (Å²) in [5.41, 5.74) is 0.469. The number of benzene rings is 2. The van der Waals surface area contributed by atoms with Gasteiger partial charge in [-0.1, -0.05) is 31.2 Å². The summed E-state index contributed by atoms with van der Waals surface area (Å²) in [6, 6.07) is 13.0. The number of ether oxygens (including phenoxy) is 1. The number of aliphatic hydroxyl groups excluding tert-OH is 1. The van der Waals surface area contributed by atoms with Gasteiger partial charge < -0.3 is 9.84 Å². The van der Waals surface area contributed by atoms with E-state index in [1.54, 1.807) is 30.3 Å². The molecule has 102 valence electrons. The normalized spacial score (nSPS) is 11.7. The second-order valence-electron chi connectivity index (χ2n) is 4.29. The second kappa shape index (κ2) is 6.18. The highest BCUT2D eigenvalue weighted by atomic mass is 19.1. The highest BCUT2D eigenvalue weighted by molar-refractivity contribution is 5.47. The van der Waals surface area contributed by atoms with Crippen LogP contribution in [0.25, 0.3) is 0 Å². The molecule has 3 nitrogen and oxygen atoms in total. The molecule has 2 aromatic rings. The molecule has 0 unspecified atom stereocenters. The predicted molar refractivity (Wildman–Crippen MR) is 72.9 cm³/mol. The van der Waals surface area contributed by atoms with Crippen LogP contribution in [-0.4, -0.2) is 5.11 Å². The molecule has 2 aromatic carbocycles. The number of hydrogen-bond donors (Lipinski definition) is 1. The van der Waals surface area contributed by atoms with Gasteiger partial charge in [-0.05, 0) is 24.6 Å². The zero-order valence-electron chi connectivity index (χ0n) is 11.0. The number of nitrogens with zero attached hydrogens (tertiary/aromatic N) is 1. The molecule has 0 amide bonds. The first-order valence-corrected chi connectivity index (χ1v) is 6.30. The van der Waals surface area contributed by atoms with E-state index in [4.69, 9.17) is 10.00 Å². The summed E-state index contributed by atoms with van der Waals surface area (Å²) >= 11 is 0. The fourth-order valence-electron chi connectivity index (χ4n) is 1.89. The Labute approximate surface area is 116 Å². The van der Waals surface area contributed by atoms with Crippen molar-refractivity contribution in [1.82, 2.24) is 0 Å². The Bertz CT molecular complexity index is 649. The van der Waals surface area contributed by atoms with Gasteiger partial charge in [-0.15, -0.1) is 0 Å². The Morgan fingerprint density at radius 3 is 2.60 bits per heavy atom. The Morgan fingerprint density at radius 2 is 1.90 bits per heavy atom. The fraction of sp³-hybridized carbons (Fsp3) is 0.188. The summed E-state index contributed by atoms with van der Waals surface area (Å²) in [7, 11) is 0. The highest BCUT2D eigenvalue weighted by Crippen LogP contribution is 2.32. The molecule has 1 atom stereocenters. The largest absolute Gasteiger partial charge is 0.455 e. The summed E-state index contributed by atoms with van der Waals surface area (Å²) < 4.78 is 19.1.